The second-order valence-electron chi connectivity index (χ2n) is 5.50. The van der Waals surface area contributed by atoms with Gasteiger partial charge in [-0.3, -0.25) is 9.59 Å². The van der Waals surface area contributed by atoms with Gasteiger partial charge in [0.05, 0.1) is 12.0 Å². The van der Waals surface area contributed by atoms with Gasteiger partial charge in [0, 0.05) is 22.2 Å². The maximum absolute atomic E-state index is 12.6. The molecule has 0 bridgehead atoms. The highest BCUT2D eigenvalue weighted by Crippen LogP contribution is 2.23. The molecule has 0 saturated heterocycles. The van der Waals surface area contributed by atoms with Crippen molar-refractivity contribution in [3.8, 4) is 0 Å². The number of carboxylic acids is 1. The fraction of sp³-hybridized carbons (Fsp3) is 0.429. The van der Waals surface area contributed by atoms with Crippen molar-refractivity contribution >= 4 is 33.5 Å². The molecule has 0 radical (unpaired) electrons. The van der Waals surface area contributed by atoms with Gasteiger partial charge in [0.25, 0.3) is 5.91 Å². The minimum Gasteiger partial charge on any atom is -0.481 e. The van der Waals surface area contributed by atoms with Crippen LogP contribution in [0.15, 0.2) is 22.7 Å². The third-order valence-corrected chi connectivity index (χ3v) is 3.34. The fourth-order valence-electron chi connectivity index (χ4n) is 1.82. The molecule has 0 atom stereocenters. The lowest BCUT2D eigenvalue weighted by molar-refractivity contribution is -0.137. The number of aliphatic carboxylic acids is 1. The Balaban J connectivity index is 3.07. The second-order valence-corrected chi connectivity index (χ2v) is 6.42. The number of benzene rings is 1. The van der Waals surface area contributed by atoms with Crippen LogP contribution in [-0.2, 0) is 4.79 Å². The molecule has 1 amide bonds. The van der Waals surface area contributed by atoms with Crippen LogP contribution in [-0.4, -0.2) is 34.0 Å². The first-order valence-electron chi connectivity index (χ1n) is 6.21. The minimum atomic E-state index is -0.934. The summed E-state index contributed by atoms with van der Waals surface area (Å²) >= 11 is 3.29. The van der Waals surface area contributed by atoms with Gasteiger partial charge in [-0.2, -0.15) is 0 Å². The van der Waals surface area contributed by atoms with E-state index in [9.17, 15) is 9.59 Å². The third kappa shape index (κ3) is 4.23. The molecule has 0 heterocycles. The molecular formula is C14H19BrN2O3. The van der Waals surface area contributed by atoms with Gasteiger partial charge < -0.3 is 15.7 Å². The smallest absolute Gasteiger partial charge is 0.305 e. The first-order valence-corrected chi connectivity index (χ1v) is 7.01. The van der Waals surface area contributed by atoms with Gasteiger partial charge in [0.15, 0.2) is 0 Å². The Labute approximate surface area is 126 Å². The van der Waals surface area contributed by atoms with E-state index in [0.717, 1.165) is 4.47 Å². The number of anilines is 1. The van der Waals surface area contributed by atoms with Crippen LogP contribution in [0.5, 0.6) is 0 Å². The number of rotatable bonds is 4. The maximum Gasteiger partial charge on any atom is 0.305 e. The predicted molar refractivity (Wildman–Crippen MR) is 81.6 cm³/mol. The lowest BCUT2D eigenvalue weighted by atomic mass is 10.0. The summed E-state index contributed by atoms with van der Waals surface area (Å²) in [4.78, 5) is 24.8. The molecule has 0 saturated carbocycles. The molecule has 6 heteroatoms. The first-order chi connectivity index (χ1) is 9.12. The number of carboxylic acid groups (broad SMARTS) is 1. The van der Waals surface area contributed by atoms with Gasteiger partial charge in [-0.05, 0) is 39.0 Å². The first kappa shape index (κ1) is 16.5. The Morgan fingerprint density at radius 2 is 1.95 bits per heavy atom. The van der Waals surface area contributed by atoms with E-state index in [1.54, 1.807) is 18.2 Å². The van der Waals surface area contributed by atoms with Crippen LogP contribution in [0.25, 0.3) is 0 Å². The van der Waals surface area contributed by atoms with Crippen LogP contribution in [0, 0.1) is 0 Å². The molecular weight excluding hydrogens is 324 g/mol. The SMILES string of the molecule is CC(C)(C)N(CCC(=O)O)C(=O)c1ccc(Br)cc1N. The van der Waals surface area contributed by atoms with E-state index in [4.69, 9.17) is 10.8 Å². The molecule has 0 aliphatic carbocycles. The van der Waals surface area contributed by atoms with Crippen molar-refractivity contribution < 1.29 is 14.7 Å². The van der Waals surface area contributed by atoms with Gasteiger partial charge in [-0.15, -0.1) is 0 Å². The van der Waals surface area contributed by atoms with Crippen LogP contribution < -0.4 is 5.73 Å². The van der Waals surface area contributed by atoms with Gasteiger partial charge >= 0.3 is 5.97 Å². The predicted octanol–water partition coefficient (Wildman–Crippen LogP) is 2.75. The molecule has 0 fully saturated rings. The summed E-state index contributed by atoms with van der Waals surface area (Å²) in [5.41, 5.74) is 6.14. The Morgan fingerprint density at radius 1 is 1.35 bits per heavy atom. The fourth-order valence-corrected chi connectivity index (χ4v) is 2.20. The van der Waals surface area contributed by atoms with E-state index in [-0.39, 0.29) is 18.9 Å². The van der Waals surface area contributed by atoms with Crippen LogP contribution in [0.2, 0.25) is 0 Å². The number of carbonyl (C=O) groups excluding carboxylic acids is 1. The van der Waals surface area contributed by atoms with Crippen LogP contribution in [0.4, 0.5) is 5.69 Å². The van der Waals surface area contributed by atoms with E-state index < -0.39 is 11.5 Å². The number of amides is 1. The lowest BCUT2D eigenvalue weighted by Crippen LogP contribution is -2.46. The zero-order valence-electron chi connectivity index (χ0n) is 11.8. The third-order valence-electron chi connectivity index (χ3n) is 2.85. The number of carbonyl (C=O) groups is 2. The molecule has 0 spiro atoms. The lowest BCUT2D eigenvalue weighted by Gasteiger charge is -2.35. The number of nitrogen functional groups attached to an aromatic ring is 1. The summed E-state index contributed by atoms with van der Waals surface area (Å²) < 4.78 is 0.791. The average molecular weight is 343 g/mol. The van der Waals surface area contributed by atoms with E-state index >= 15 is 0 Å². The number of hydrogen-bond acceptors (Lipinski definition) is 3. The average Bonchev–Trinajstić information content (AvgIpc) is 2.26. The van der Waals surface area contributed by atoms with Crippen molar-refractivity contribution in [2.45, 2.75) is 32.7 Å². The number of nitrogens with zero attached hydrogens (tertiary/aromatic N) is 1. The van der Waals surface area contributed by atoms with E-state index in [1.807, 2.05) is 20.8 Å². The van der Waals surface area contributed by atoms with Crippen LogP contribution >= 0.6 is 15.9 Å². The van der Waals surface area contributed by atoms with Crippen LogP contribution in [0.3, 0.4) is 0 Å². The Kier molecular flexibility index (Phi) is 5.16. The second kappa shape index (κ2) is 6.26. The normalized spacial score (nSPS) is 11.2. The standard InChI is InChI=1S/C14H19BrN2O3/c1-14(2,3)17(7-6-12(18)19)13(20)10-5-4-9(15)8-11(10)16/h4-5,8H,6-7,16H2,1-3H3,(H,18,19). The summed E-state index contributed by atoms with van der Waals surface area (Å²) in [6.45, 7) is 5.73. The number of hydrogen-bond donors (Lipinski definition) is 2. The largest absolute Gasteiger partial charge is 0.481 e. The monoisotopic (exact) mass is 342 g/mol. The molecule has 1 aromatic rings. The van der Waals surface area contributed by atoms with E-state index in [1.165, 1.54) is 4.90 Å². The van der Waals surface area contributed by atoms with Crippen LogP contribution in [0.1, 0.15) is 37.6 Å². The summed E-state index contributed by atoms with van der Waals surface area (Å²) in [6.07, 6.45) is -0.0978. The highest BCUT2D eigenvalue weighted by molar-refractivity contribution is 9.10. The summed E-state index contributed by atoms with van der Waals surface area (Å²) in [5.74, 6) is -1.19. The molecule has 0 aliphatic heterocycles. The molecule has 0 aromatic heterocycles. The molecule has 1 aromatic carbocycles. The highest BCUT2D eigenvalue weighted by Gasteiger charge is 2.28. The highest BCUT2D eigenvalue weighted by atomic mass is 79.9. The summed E-state index contributed by atoms with van der Waals surface area (Å²) in [6, 6.07) is 5.04. The molecule has 0 unspecified atom stereocenters. The van der Waals surface area contributed by atoms with E-state index in [0.29, 0.717) is 11.3 Å². The van der Waals surface area contributed by atoms with Gasteiger partial charge in [0.2, 0.25) is 0 Å². The number of halogens is 1. The topological polar surface area (TPSA) is 83.6 Å². The van der Waals surface area contributed by atoms with Crippen molar-refractivity contribution in [3.05, 3.63) is 28.2 Å². The molecule has 5 nitrogen and oxygen atoms in total. The molecule has 3 N–H and O–H groups in total. The van der Waals surface area contributed by atoms with E-state index in [2.05, 4.69) is 15.9 Å². The summed E-state index contributed by atoms with van der Waals surface area (Å²) in [7, 11) is 0. The van der Waals surface area contributed by atoms with Gasteiger partial charge in [-0.1, -0.05) is 15.9 Å². The molecule has 1 rings (SSSR count). The van der Waals surface area contributed by atoms with Crippen molar-refractivity contribution in [1.29, 1.82) is 0 Å². The Hall–Kier alpha value is -1.56. The molecule has 0 aliphatic rings. The van der Waals surface area contributed by atoms with Gasteiger partial charge in [-0.25, -0.2) is 0 Å². The van der Waals surface area contributed by atoms with Crippen molar-refractivity contribution in [3.63, 3.8) is 0 Å². The van der Waals surface area contributed by atoms with Crippen molar-refractivity contribution in [2.24, 2.45) is 0 Å². The summed E-state index contributed by atoms with van der Waals surface area (Å²) in [5, 5.41) is 8.80. The van der Waals surface area contributed by atoms with Gasteiger partial charge in [0.1, 0.15) is 0 Å². The Bertz CT molecular complexity index is 524. The number of nitrogens with two attached hydrogens (primary N) is 1. The zero-order valence-corrected chi connectivity index (χ0v) is 13.4. The zero-order chi connectivity index (χ0) is 15.5. The molecule has 110 valence electrons. The maximum atomic E-state index is 12.6. The van der Waals surface area contributed by atoms with Crippen molar-refractivity contribution in [2.75, 3.05) is 12.3 Å². The Morgan fingerprint density at radius 3 is 2.40 bits per heavy atom. The minimum absolute atomic E-state index is 0.0978. The quantitative estimate of drug-likeness (QED) is 0.824. The van der Waals surface area contributed by atoms with Crippen molar-refractivity contribution in [1.82, 2.24) is 4.90 Å². The molecule has 20 heavy (non-hydrogen) atoms.